The largest absolute Gasteiger partial charge is 0.475 e. The van der Waals surface area contributed by atoms with Gasteiger partial charge in [0.15, 0.2) is 5.76 Å². The summed E-state index contributed by atoms with van der Waals surface area (Å²) in [5.74, 6) is -1.76. The minimum Gasteiger partial charge on any atom is -0.475 e. The highest BCUT2D eigenvalue weighted by Crippen LogP contribution is 2.24. The van der Waals surface area contributed by atoms with Crippen molar-refractivity contribution in [3.05, 3.63) is 23.7 Å². The van der Waals surface area contributed by atoms with Crippen LogP contribution in [0.5, 0.6) is 0 Å². The molecule has 18 heavy (non-hydrogen) atoms. The van der Waals surface area contributed by atoms with Crippen LogP contribution in [0.3, 0.4) is 0 Å². The van der Waals surface area contributed by atoms with E-state index in [1.807, 2.05) is 7.05 Å². The lowest BCUT2D eigenvalue weighted by molar-refractivity contribution is 0.0659. The molecule has 0 saturated heterocycles. The highest BCUT2D eigenvalue weighted by atomic mass is 16.4. The van der Waals surface area contributed by atoms with Gasteiger partial charge in [-0.2, -0.15) is 0 Å². The Morgan fingerprint density at radius 2 is 2.11 bits per heavy atom. The lowest BCUT2D eigenvalue weighted by Gasteiger charge is -2.15. The third kappa shape index (κ3) is 3.10. The van der Waals surface area contributed by atoms with E-state index < -0.39 is 5.97 Å². The van der Waals surface area contributed by atoms with E-state index in [4.69, 9.17) is 9.52 Å². The summed E-state index contributed by atoms with van der Waals surface area (Å²) in [6.07, 6.45) is 2.45. The minimum absolute atomic E-state index is 0.0291. The van der Waals surface area contributed by atoms with E-state index in [0.717, 1.165) is 6.54 Å². The topological polar surface area (TPSA) is 82.8 Å². The fraction of sp³-hybridized carbons (Fsp3) is 0.500. The van der Waals surface area contributed by atoms with Crippen LogP contribution in [0.25, 0.3) is 0 Å². The molecule has 1 aromatic heterocycles. The van der Waals surface area contributed by atoms with E-state index in [1.165, 1.54) is 25.0 Å². The third-order valence-electron chi connectivity index (χ3n) is 2.96. The summed E-state index contributed by atoms with van der Waals surface area (Å²) in [6, 6.07) is 3.29. The van der Waals surface area contributed by atoms with E-state index in [0.29, 0.717) is 12.6 Å². The van der Waals surface area contributed by atoms with Crippen molar-refractivity contribution in [3.63, 3.8) is 0 Å². The number of carbonyl (C=O) groups excluding carboxylic acids is 1. The maximum atomic E-state index is 11.6. The predicted octanol–water partition coefficient (Wildman–Crippen LogP) is 0.802. The Hall–Kier alpha value is -1.82. The summed E-state index contributed by atoms with van der Waals surface area (Å²) >= 11 is 0. The smallest absolute Gasteiger partial charge is 0.371 e. The summed E-state index contributed by atoms with van der Waals surface area (Å²) in [5, 5.41) is 11.4. The molecule has 0 aromatic carbocycles. The van der Waals surface area contributed by atoms with Crippen LogP contribution in [0.4, 0.5) is 0 Å². The number of amides is 1. The first kappa shape index (κ1) is 12.6. The van der Waals surface area contributed by atoms with Crippen molar-refractivity contribution in [2.75, 3.05) is 20.1 Å². The van der Waals surface area contributed by atoms with Gasteiger partial charge in [0.25, 0.3) is 5.91 Å². The van der Waals surface area contributed by atoms with Crippen molar-refractivity contribution in [1.82, 2.24) is 10.2 Å². The number of rotatable bonds is 6. The normalized spacial score (nSPS) is 14.8. The molecule has 0 atom stereocenters. The predicted molar refractivity (Wildman–Crippen MR) is 63.7 cm³/mol. The zero-order valence-corrected chi connectivity index (χ0v) is 10.2. The quantitative estimate of drug-likeness (QED) is 0.782. The number of nitrogens with zero attached hydrogens (tertiary/aromatic N) is 1. The van der Waals surface area contributed by atoms with Gasteiger partial charge in [-0.05, 0) is 32.0 Å². The standard InChI is InChI=1S/C12H16N2O4/c1-14(8-2-3-8)7-6-13-11(15)9-4-5-10(18-9)12(16)17/h4-5,8H,2-3,6-7H2,1H3,(H,13,15)(H,16,17). The lowest BCUT2D eigenvalue weighted by atomic mass is 10.4. The van der Waals surface area contributed by atoms with Crippen LogP contribution in [0.2, 0.25) is 0 Å². The number of furan rings is 1. The second-order valence-corrected chi connectivity index (χ2v) is 4.44. The molecule has 1 heterocycles. The van der Waals surface area contributed by atoms with Crippen LogP contribution in [0, 0.1) is 0 Å². The van der Waals surface area contributed by atoms with Crippen molar-refractivity contribution in [2.24, 2.45) is 0 Å². The van der Waals surface area contributed by atoms with Crippen LogP contribution in [0.1, 0.15) is 34.0 Å². The zero-order valence-electron chi connectivity index (χ0n) is 10.2. The van der Waals surface area contributed by atoms with Crippen LogP contribution in [-0.2, 0) is 0 Å². The molecule has 1 fully saturated rings. The fourth-order valence-electron chi connectivity index (χ4n) is 1.71. The molecule has 2 N–H and O–H groups in total. The Labute approximate surface area is 105 Å². The first-order valence-corrected chi connectivity index (χ1v) is 5.89. The third-order valence-corrected chi connectivity index (χ3v) is 2.96. The Balaban J connectivity index is 1.77. The van der Waals surface area contributed by atoms with E-state index in [1.54, 1.807) is 0 Å². The Morgan fingerprint density at radius 1 is 1.44 bits per heavy atom. The summed E-state index contributed by atoms with van der Waals surface area (Å²) in [5.41, 5.74) is 0. The van der Waals surface area contributed by atoms with Gasteiger partial charge >= 0.3 is 5.97 Å². The summed E-state index contributed by atoms with van der Waals surface area (Å²) in [6.45, 7) is 1.30. The molecule has 2 rings (SSSR count). The van der Waals surface area contributed by atoms with E-state index >= 15 is 0 Å². The molecule has 98 valence electrons. The average molecular weight is 252 g/mol. The maximum absolute atomic E-state index is 11.6. The molecule has 0 aliphatic heterocycles. The molecular weight excluding hydrogens is 236 g/mol. The van der Waals surface area contributed by atoms with Crippen molar-refractivity contribution >= 4 is 11.9 Å². The zero-order chi connectivity index (χ0) is 13.1. The maximum Gasteiger partial charge on any atom is 0.371 e. The van der Waals surface area contributed by atoms with Gasteiger partial charge in [-0.25, -0.2) is 4.79 Å². The SMILES string of the molecule is CN(CCNC(=O)c1ccc(C(=O)O)o1)C1CC1. The van der Waals surface area contributed by atoms with Crippen LogP contribution < -0.4 is 5.32 Å². The van der Waals surface area contributed by atoms with Crippen LogP contribution in [0.15, 0.2) is 16.5 Å². The summed E-state index contributed by atoms with van der Waals surface area (Å²) in [7, 11) is 2.03. The monoisotopic (exact) mass is 252 g/mol. The van der Waals surface area contributed by atoms with Gasteiger partial charge in [0, 0.05) is 19.1 Å². The highest BCUT2D eigenvalue weighted by Gasteiger charge is 2.25. The summed E-state index contributed by atoms with van der Waals surface area (Å²) < 4.78 is 4.90. The number of carboxylic acid groups (broad SMARTS) is 1. The summed E-state index contributed by atoms with van der Waals surface area (Å²) in [4.78, 5) is 24.4. The number of likely N-dealkylation sites (N-methyl/N-ethyl adjacent to an activating group) is 1. The van der Waals surface area contributed by atoms with Gasteiger partial charge in [-0.1, -0.05) is 0 Å². The van der Waals surface area contributed by atoms with E-state index in [-0.39, 0.29) is 17.4 Å². The van der Waals surface area contributed by atoms with Gasteiger partial charge in [0.05, 0.1) is 0 Å². The Morgan fingerprint density at radius 3 is 2.67 bits per heavy atom. The first-order chi connectivity index (χ1) is 8.58. The van der Waals surface area contributed by atoms with E-state index in [9.17, 15) is 9.59 Å². The van der Waals surface area contributed by atoms with Crippen molar-refractivity contribution < 1.29 is 19.1 Å². The van der Waals surface area contributed by atoms with Crippen molar-refractivity contribution in [2.45, 2.75) is 18.9 Å². The molecule has 0 spiro atoms. The molecule has 1 saturated carbocycles. The molecule has 0 radical (unpaired) electrons. The Bertz CT molecular complexity index is 451. The molecule has 0 unspecified atom stereocenters. The van der Waals surface area contributed by atoms with Crippen LogP contribution >= 0.6 is 0 Å². The van der Waals surface area contributed by atoms with E-state index in [2.05, 4.69) is 10.2 Å². The number of aromatic carboxylic acids is 1. The van der Waals surface area contributed by atoms with Crippen molar-refractivity contribution in [3.8, 4) is 0 Å². The molecule has 6 nitrogen and oxygen atoms in total. The molecule has 6 heteroatoms. The van der Waals surface area contributed by atoms with Gasteiger partial charge in [-0.3, -0.25) is 4.79 Å². The second kappa shape index (κ2) is 5.22. The average Bonchev–Trinajstić information content (AvgIpc) is 3.05. The number of hydrogen-bond donors (Lipinski definition) is 2. The lowest BCUT2D eigenvalue weighted by Crippen LogP contribution is -2.33. The van der Waals surface area contributed by atoms with Crippen LogP contribution in [-0.4, -0.2) is 48.1 Å². The minimum atomic E-state index is -1.18. The molecular formula is C12H16N2O4. The molecule has 1 aromatic rings. The van der Waals surface area contributed by atoms with Crippen molar-refractivity contribution in [1.29, 1.82) is 0 Å². The van der Waals surface area contributed by atoms with Gasteiger partial charge in [0.1, 0.15) is 0 Å². The number of carbonyl (C=O) groups is 2. The Kier molecular flexibility index (Phi) is 3.66. The molecule has 1 aliphatic carbocycles. The highest BCUT2D eigenvalue weighted by molar-refractivity contribution is 5.93. The number of nitrogens with one attached hydrogen (secondary N) is 1. The van der Waals surface area contributed by atoms with Gasteiger partial charge in [0.2, 0.25) is 5.76 Å². The first-order valence-electron chi connectivity index (χ1n) is 5.89. The molecule has 1 amide bonds. The molecule has 1 aliphatic rings. The van der Waals surface area contributed by atoms with Gasteiger partial charge < -0.3 is 19.7 Å². The second-order valence-electron chi connectivity index (χ2n) is 4.44. The number of hydrogen-bond acceptors (Lipinski definition) is 4. The fourth-order valence-corrected chi connectivity index (χ4v) is 1.71. The number of carboxylic acids is 1. The van der Waals surface area contributed by atoms with Gasteiger partial charge in [-0.15, -0.1) is 0 Å². The molecule has 0 bridgehead atoms.